The molecule has 0 unspecified atom stereocenters. The first-order valence-corrected chi connectivity index (χ1v) is 18.6. The molecular weight excluding hydrogens is 695 g/mol. The number of benzene rings is 4. The van der Waals surface area contributed by atoms with Crippen LogP contribution in [0.2, 0.25) is 0 Å². The summed E-state index contributed by atoms with van der Waals surface area (Å²) in [5.74, 6) is -0.793. The number of fused-ring (bicyclic) bond motifs is 1. The maximum atomic E-state index is 12.7. The molecule has 1 heterocycles. The van der Waals surface area contributed by atoms with Crippen LogP contribution in [0.4, 0.5) is 16.4 Å². The molecule has 0 atom stereocenters. The topological polar surface area (TPSA) is 234 Å². The zero-order valence-electron chi connectivity index (χ0n) is 23.9. The lowest BCUT2D eigenvalue weighted by Gasteiger charge is -2.14. The lowest BCUT2D eigenvalue weighted by Crippen LogP contribution is -2.29. The third-order valence-electron chi connectivity index (χ3n) is 6.43. The lowest BCUT2D eigenvalue weighted by molar-refractivity contribution is 0.344. The summed E-state index contributed by atoms with van der Waals surface area (Å²) >= 11 is 0.961. The van der Waals surface area contributed by atoms with E-state index in [0.717, 1.165) is 17.6 Å². The molecule has 5 N–H and O–H groups in total. The van der Waals surface area contributed by atoms with E-state index in [-0.39, 0.29) is 44.4 Å². The first kappa shape index (κ1) is 33.9. The third-order valence-corrected chi connectivity index (χ3v) is 10.2. The minimum absolute atomic E-state index is 0.134. The molecule has 0 bridgehead atoms. The molecule has 0 radical (unpaired) electrons. The average molecular weight is 720 g/mol. The van der Waals surface area contributed by atoms with E-state index in [1.165, 1.54) is 42.5 Å². The number of phenols is 1. The number of aromatic nitrogens is 1. The van der Waals surface area contributed by atoms with Crippen molar-refractivity contribution in [2.45, 2.75) is 9.79 Å². The van der Waals surface area contributed by atoms with Gasteiger partial charge in [-0.1, -0.05) is 36.4 Å². The first-order valence-electron chi connectivity index (χ1n) is 13.3. The van der Waals surface area contributed by atoms with Crippen molar-refractivity contribution in [1.82, 2.24) is 9.10 Å². The van der Waals surface area contributed by atoms with Gasteiger partial charge in [0.15, 0.2) is 11.7 Å². The Morgan fingerprint density at radius 1 is 0.830 bits per heavy atom. The molecule has 0 aliphatic heterocycles. The van der Waals surface area contributed by atoms with Gasteiger partial charge in [-0.3, -0.25) is 9.11 Å². The summed E-state index contributed by atoms with van der Waals surface area (Å²) in [5.41, 5.74) is 1.98. The van der Waals surface area contributed by atoms with Gasteiger partial charge in [-0.2, -0.15) is 21.2 Å². The number of azo groups is 1. The second-order valence-electron chi connectivity index (χ2n) is 9.72. The van der Waals surface area contributed by atoms with E-state index < -0.39 is 42.6 Å². The van der Waals surface area contributed by atoms with Crippen LogP contribution in [-0.2, 0) is 30.3 Å². The van der Waals surface area contributed by atoms with E-state index in [2.05, 4.69) is 24.6 Å². The second kappa shape index (κ2) is 13.7. The van der Waals surface area contributed by atoms with E-state index in [4.69, 9.17) is 9.29 Å². The number of rotatable bonds is 13. The predicted molar refractivity (Wildman–Crippen MR) is 174 cm³/mol. The molecule has 0 spiro atoms. The molecule has 246 valence electrons. The van der Waals surface area contributed by atoms with Gasteiger partial charge in [0.25, 0.3) is 20.2 Å². The van der Waals surface area contributed by atoms with Crippen LogP contribution in [0.1, 0.15) is 0 Å². The minimum Gasteiger partial charge on any atom is -0.505 e. The van der Waals surface area contributed by atoms with Crippen LogP contribution >= 0.6 is 11.5 Å². The van der Waals surface area contributed by atoms with Crippen LogP contribution in [0, 0.1) is 0 Å². The molecule has 0 amide bonds. The molecule has 0 saturated heterocycles. The van der Waals surface area contributed by atoms with Crippen molar-refractivity contribution >= 4 is 69.1 Å². The SMILES string of the molecule is O=S(=O)(O)CCNS(=O)(=O)c1ccc2nsc(N=Nc3cc(NCOc4cccc(S(=O)(=O)O)c4)c(O)c(-c4ccccc4)c3)c2c1. The number of anilines is 1. The number of nitrogens with zero attached hydrogens (tertiary/aromatic N) is 3. The van der Waals surface area contributed by atoms with Crippen molar-refractivity contribution in [2.24, 2.45) is 10.2 Å². The van der Waals surface area contributed by atoms with Crippen molar-refractivity contribution in [2.75, 3.05) is 24.3 Å². The van der Waals surface area contributed by atoms with Crippen molar-refractivity contribution < 1.29 is 44.2 Å². The van der Waals surface area contributed by atoms with E-state index in [1.54, 1.807) is 30.3 Å². The summed E-state index contributed by atoms with van der Waals surface area (Å²) in [5, 5.41) is 23.2. The Morgan fingerprint density at radius 3 is 2.32 bits per heavy atom. The Labute approximate surface area is 273 Å². The molecule has 0 fully saturated rings. The fourth-order valence-corrected chi connectivity index (χ4v) is 6.96. The number of aromatic hydroxyl groups is 1. The van der Waals surface area contributed by atoms with Gasteiger partial charge in [-0.05, 0) is 59.6 Å². The molecule has 15 nitrogen and oxygen atoms in total. The van der Waals surface area contributed by atoms with Crippen molar-refractivity contribution in [3.63, 3.8) is 0 Å². The number of hydrogen-bond acceptors (Lipinski definition) is 13. The summed E-state index contributed by atoms with van der Waals surface area (Å²) in [6, 6.07) is 21.3. The largest absolute Gasteiger partial charge is 0.505 e. The van der Waals surface area contributed by atoms with Gasteiger partial charge in [-0.25, -0.2) is 13.1 Å². The number of nitrogens with one attached hydrogen (secondary N) is 2. The zero-order valence-corrected chi connectivity index (χ0v) is 27.1. The Kier molecular flexibility index (Phi) is 9.86. The highest BCUT2D eigenvalue weighted by Gasteiger charge is 2.18. The van der Waals surface area contributed by atoms with Gasteiger partial charge in [-0.15, -0.1) is 10.2 Å². The predicted octanol–water partition coefficient (Wildman–Crippen LogP) is 4.95. The minimum atomic E-state index is -4.44. The van der Waals surface area contributed by atoms with Crippen LogP contribution in [0.15, 0.2) is 105 Å². The van der Waals surface area contributed by atoms with Crippen LogP contribution in [-0.4, -0.2) is 62.9 Å². The molecule has 0 aliphatic rings. The molecule has 5 rings (SSSR count). The number of ether oxygens (including phenoxy) is 1. The average Bonchev–Trinajstić information content (AvgIpc) is 3.43. The van der Waals surface area contributed by atoms with Gasteiger partial charge < -0.3 is 15.2 Å². The molecule has 19 heteroatoms. The maximum absolute atomic E-state index is 12.7. The van der Waals surface area contributed by atoms with E-state index in [1.807, 2.05) is 6.07 Å². The highest BCUT2D eigenvalue weighted by atomic mass is 32.2. The van der Waals surface area contributed by atoms with E-state index in [0.29, 0.717) is 22.0 Å². The van der Waals surface area contributed by atoms with Crippen molar-refractivity contribution in [3.05, 3.63) is 84.9 Å². The number of hydrogen-bond donors (Lipinski definition) is 5. The summed E-state index contributed by atoms with van der Waals surface area (Å²) < 4.78 is 100. The number of sulfonamides is 1. The Hall–Kier alpha value is -4.50. The first-order chi connectivity index (χ1) is 22.2. The highest BCUT2D eigenvalue weighted by molar-refractivity contribution is 7.89. The molecule has 1 aromatic heterocycles. The van der Waals surface area contributed by atoms with Crippen LogP contribution in [0.5, 0.6) is 11.5 Å². The molecule has 47 heavy (non-hydrogen) atoms. The highest BCUT2D eigenvalue weighted by Crippen LogP contribution is 2.41. The lowest BCUT2D eigenvalue weighted by atomic mass is 10.0. The van der Waals surface area contributed by atoms with Crippen LogP contribution in [0.3, 0.4) is 0 Å². The van der Waals surface area contributed by atoms with Crippen molar-refractivity contribution in [1.29, 1.82) is 0 Å². The second-order valence-corrected chi connectivity index (χ2v) is 15.2. The monoisotopic (exact) mass is 719 g/mol. The molecule has 0 aliphatic carbocycles. The summed E-state index contributed by atoms with van der Waals surface area (Å²) in [6.07, 6.45) is 0. The Morgan fingerprint density at radius 2 is 1.60 bits per heavy atom. The summed E-state index contributed by atoms with van der Waals surface area (Å²) in [4.78, 5) is -0.526. The van der Waals surface area contributed by atoms with Gasteiger partial charge in [0.2, 0.25) is 10.0 Å². The Bertz CT molecular complexity index is 2290. The van der Waals surface area contributed by atoms with Gasteiger partial charge in [0.05, 0.1) is 32.4 Å². The molecular formula is C28H25N5O10S4. The smallest absolute Gasteiger partial charge is 0.294 e. The Balaban J connectivity index is 1.42. The van der Waals surface area contributed by atoms with E-state index >= 15 is 0 Å². The summed E-state index contributed by atoms with van der Waals surface area (Å²) in [6.45, 7) is -0.747. The fourth-order valence-electron chi connectivity index (χ4n) is 4.21. The third kappa shape index (κ3) is 8.65. The van der Waals surface area contributed by atoms with Crippen LogP contribution in [0.25, 0.3) is 22.0 Å². The molecule has 0 saturated carbocycles. The zero-order chi connectivity index (χ0) is 33.8. The van der Waals surface area contributed by atoms with E-state index in [9.17, 15) is 34.9 Å². The van der Waals surface area contributed by atoms with Gasteiger partial charge in [0, 0.05) is 23.6 Å². The van der Waals surface area contributed by atoms with Gasteiger partial charge in [0.1, 0.15) is 11.5 Å². The number of phenolic OH excluding ortho intramolecular Hbond substituents is 1. The maximum Gasteiger partial charge on any atom is 0.294 e. The standard InChI is InChI=1S/C28H25N5O10S4/c34-27-23(18-5-2-1-3-6-18)13-19(14-26(27)29-17-43-20-7-4-8-22(15-20)47(40,41)42)31-32-28-24-16-21(9-10-25(24)33-44-28)46(38,39)30-11-12-45(35,36)37/h1-10,13-16,29-30,34H,11-12,17H2,(H,35,36,37)(H,40,41,42). The quantitative estimate of drug-likeness (QED) is 0.0471. The van der Waals surface area contributed by atoms with Gasteiger partial charge >= 0.3 is 0 Å². The molecule has 5 aromatic rings. The fraction of sp³-hybridized carbons (Fsp3) is 0.107. The summed E-state index contributed by atoms with van der Waals surface area (Å²) in [7, 11) is -12.9. The normalized spacial score (nSPS) is 12.5. The van der Waals surface area contributed by atoms with Crippen LogP contribution < -0.4 is 14.8 Å². The van der Waals surface area contributed by atoms with Crippen molar-refractivity contribution in [3.8, 4) is 22.6 Å². The molecule has 4 aromatic carbocycles.